The largest absolute Gasteiger partial charge is 0.486 e. The summed E-state index contributed by atoms with van der Waals surface area (Å²) in [5, 5.41) is 0. The monoisotopic (exact) mass is 450 g/mol. The van der Waals surface area contributed by atoms with Crippen molar-refractivity contribution < 1.29 is 31.4 Å². The number of fused-ring (bicyclic) bond motifs is 1. The van der Waals surface area contributed by atoms with Crippen molar-refractivity contribution in [3.63, 3.8) is 0 Å². The maximum Gasteiger partial charge on any atom is 0.201 e. The van der Waals surface area contributed by atoms with E-state index in [4.69, 9.17) is 9.47 Å². The zero-order chi connectivity index (χ0) is 23.6. The van der Waals surface area contributed by atoms with Crippen molar-refractivity contribution in [2.45, 2.75) is 46.1 Å². The fourth-order valence-corrected chi connectivity index (χ4v) is 3.37. The van der Waals surface area contributed by atoms with Crippen LogP contribution >= 0.6 is 0 Å². The molecule has 2 nitrogen and oxygen atoms in total. The Morgan fingerprint density at radius 2 is 1.72 bits per heavy atom. The summed E-state index contributed by atoms with van der Waals surface area (Å²) in [5.74, 6) is -6.73. The summed E-state index contributed by atoms with van der Waals surface area (Å²) >= 11 is 0. The number of allylic oxidation sites excluding steroid dienone is 3. The maximum absolute atomic E-state index is 14.7. The van der Waals surface area contributed by atoms with E-state index >= 15 is 0 Å². The smallest absolute Gasteiger partial charge is 0.201 e. The molecule has 0 N–H and O–H groups in total. The predicted molar refractivity (Wildman–Crippen MR) is 112 cm³/mol. The first-order chi connectivity index (χ1) is 15.2. The number of benzene rings is 2. The van der Waals surface area contributed by atoms with Gasteiger partial charge in [0.15, 0.2) is 34.7 Å². The van der Waals surface area contributed by atoms with Gasteiger partial charge in [-0.2, -0.15) is 8.78 Å². The SMILES string of the molecule is C=C(CC)/C(F)=C1/Oc2c(cc(COc3ccc(CCC)c(F)c3F)c(F)c2F)CC1=C. The van der Waals surface area contributed by atoms with Crippen LogP contribution in [0.15, 0.2) is 54.1 Å². The molecule has 0 saturated heterocycles. The van der Waals surface area contributed by atoms with E-state index in [1.807, 2.05) is 6.92 Å². The fraction of sp³-hybridized carbons (Fsp3) is 0.280. The van der Waals surface area contributed by atoms with Crippen LogP contribution < -0.4 is 9.47 Å². The first kappa shape index (κ1) is 23.6. The molecule has 1 heterocycles. The summed E-state index contributed by atoms with van der Waals surface area (Å²) in [6.07, 6.45) is 1.31. The minimum Gasteiger partial charge on any atom is -0.486 e. The molecule has 3 rings (SSSR count). The molecule has 0 spiro atoms. The van der Waals surface area contributed by atoms with Gasteiger partial charge < -0.3 is 9.47 Å². The van der Waals surface area contributed by atoms with Crippen LogP contribution in [0, 0.1) is 23.3 Å². The molecule has 2 aromatic carbocycles. The van der Waals surface area contributed by atoms with E-state index in [2.05, 4.69) is 13.2 Å². The van der Waals surface area contributed by atoms with Crippen LogP contribution in [0.25, 0.3) is 0 Å². The topological polar surface area (TPSA) is 18.5 Å². The number of halogens is 5. The van der Waals surface area contributed by atoms with Gasteiger partial charge in [0.25, 0.3) is 0 Å². The van der Waals surface area contributed by atoms with Gasteiger partial charge in [0.05, 0.1) is 0 Å². The van der Waals surface area contributed by atoms with Gasteiger partial charge in [-0.1, -0.05) is 39.5 Å². The molecule has 0 atom stereocenters. The first-order valence-electron chi connectivity index (χ1n) is 10.2. The average Bonchev–Trinajstić information content (AvgIpc) is 2.78. The summed E-state index contributed by atoms with van der Waals surface area (Å²) in [6, 6.07) is 3.93. The van der Waals surface area contributed by atoms with E-state index < -0.39 is 47.2 Å². The first-order valence-corrected chi connectivity index (χ1v) is 10.2. The lowest BCUT2D eigenvalue weighted by molar-refractivity contribution is 0.274. The zero-order valence-electron chi connectivity index (χ0n) is 17.9. The lowest BCUT2D eigenvalue weighted by Crippen LogP contribution is -2.15. The Kier molecular flexibility index (Phi) is 7.06. The standard InChI is InChI=1S/C25H23F5O2/c1-5-7-15-8-9-18(22(29)20(15)27)31-12-17-11-16-10-14(4)24(19(26)13(3)6-2)32-25(16)23(30)21(17)28/h8-9,11H,3-7,10,12H2,1-2H3/b24-19-. The maximum atomic E-state index is 14.7. The van der Waals surface area contributed by atoms with Gasteiger partial charge in [-0.05, 0) is 41.7 Å². The number of hydrogen-bond donors (Lipinski definition) is 0. The van der Waals surface area contributed by atoms with Gasteiger partial charge in [-0.3, -0.25) is 0 Å². The van der Waals surface area contributed by atoms with E-state index in [-0.39, 0.29) is 40.0 Å². The zero-order valence-corrected chi connectivity index (χ0v) is 17.9. The number of ether oxygens (including phenoxy) is 2. The molecular weight excluding hydrogens is 427 g/mol. The second kappa shape index (κ2) is 9.59. The molecule has 7 heteroatoms. The van der Waals surface area contributed by atoms with Crippen LogP contribution in [-0.2, 0) is 19.4 Å². The highest BCUT2D eigenvalue weighted by atomic mass is 19.2. The summed E-state index contributed by atoms with van der Waals surface area (Å²) in [5.41, 5.74) is 0.606. The summed E-state index contributed by atoms with van der Waals surface area (Å²) in [6.45, 7) is 10.3. The second-order valence-electron chi connectivity index (χ2n) is 7.52. The van der Waals surface area contributed by atoms with Gasteiger partial charge in [0.2, 0.25) is 11.6 Å². The molecule has 0 fully saturated rings. The Bertz CT molecular complexity index is 1120. The summed E-state index contributed by atoms with van der Waals surface area (Å²) in [7, 11) is 0. The van der Waals surface area contributed by atoms with Crippen molar-refractivity contribution >= 4 is 0 Å². The molecule has 0 unspecified atom stereocenters. The highest BCUT2D eigenvalue weighted by Crippen LogP contribution is 2.39. The van der Waals surface area contributed by atoms with Crippen LogP contribution in [0.5, 0.6) is 11.5 Å². The van der Waals surface area contributed by atoms with Crippen molar-refractivity contribution in [3.8, 4) is 11.5 Å². The van der Waals surface area contributed by atoms with E-state index in [1.54, 1.807) is 6.92 Å². The van der Waals surface area contributed by atoms with Crippen molar-refractivity contribution in [1.29, 1.82) is 0 Å². The van der Waals surface area contributed by atoms with Crippen molar-refractivity contribution in [2.75, 3.05) is 0 Å². The quantitative estimate of drug-likeness (QED) is 0.409. The van der Waals surface area contributed by atoms with Crippen LogP contribution in [0.2, 0.25) is 0 Å². The van der Waals surface area contributed by atoms with Gasteiger partial charge >= 0.3 is 0 Å². The third-order valence-electron chi connectivity index (χ3n) is 5.21. The predicted octanol–water partition coefficient (Wildman–Crippen LogP) is 7.41. The van der Waals surface area contributed by atoms with E-state index in [9.17, 15) is 22.0 Å². The van der Waals surface area contributed by atoms with Gasteiger partial charge in [-0.25, -0.2) is 13.2 Å². The normalized spacial score (nSPS) is 14.7. The molecule has 32 heavy (non-hydrogen) atoms. The van der Waals surface area contributed by atoms with E-state index in [0.717, 1.165) is 0 Å². The lowest BCUT2D eigenvalue weighted by atomic mass is 9.96. The van der Waals surface area contributed by atoms with Gasteiger partial charge in [0, 0.05) is 17.5 Å². The Labute approximate surface area is 183 Å². The number of hydrogen-bond acceptors (Lipinski definition) is 2. The molecule has 0 aromatic heterocycles. The Balaban J connectivity index is 1.89. The Morgan fingerprint density at radius 3 is 2.38 bits per heavy atom. The number of aryl methyl sites for hydroxylation is 1. The third kappa shape index (κ3) is 4.42. The third-order valence-corrected chi connectivity index (χ3v) is 5.21. The van der Waals surface area contributed by atoms with E-state index in [1.165, 1.54) is 18.2 Å². The van der Waals surface area contributed by atoms with Crippen LogP contribution in [-0.4, -0.2) is 0 Å². The summed E-state index contributed by atoms with van der Waals surface area (Å²) < 4.78 is 82.7. The molecule has 2 aromatic rings. The average molecular weight is 450 g/mol. The molecular formula is C25H23F5O2. The molecule has 1 aliphatic rings. The van der Waals surface area contributed by atoms with Crippen molar-refractivity contribution in [1.82, 2.24) is 0 Å². The summed E-state index contributed by atoms with van der Waals surface area (Å²) in [4.78, 5) is 0. The van der Waals surface area contributed by atoms with Gasteiger partial charge in [0.1, 0.15) is 6.61 Å². The van der Waals surface area contributed by atoms with Crippen LogP contribution in [0.4, 0.5) is 22.0 Å². The van der Waals surface area contributed by atoms with Crippen LogP contribution in [0.1, 0.15) is 43.4 Å². The highest BCUT2D eigenvalue weighted by molar-refractivity contribution is 5.51. The molecule has 0 bridgehead atoms. The molecule has 0 amide bonds. The lowest BCUT2D eigenvalue weighted by Gasteiger charge is -2.24. The minimum atomic E-state index is -1.33. The van der Waals surface area contributed by atoms with Crippen molar-refractivity contribution in [2.24, 2.45) is 0 Å². The minimum absolute atomic E-state index is 0.00792. The molecule has 1 aliphatic heterocycles. The molecule has 170 valence electrons. The van der Waals surface area contributed by atoms with Crippen LogP contribution in [0.3, 0.4) is 0 Å². The van der Waals surface area contributed by atoms with Gasteiger partial charge in [-0.15, -0.1) is 0 Å². The van der Waals surface area contributed by atoms with Crippen molar-refractivity contribution in [3.05, 3.63) is 94.0 Å². The van der Waals surface area contributed by atoms with E-state index in [0.29, 0.717) is 19.3 Å². The number of rotatable bonds is 7. The second-order valence-corrected chi connectivity index (χ2v) is 7.52. The fourth-order valence-electron chi connectivity index (χ4n) is 3.37. The molecule has 0 saturated carbocycles. The molecule has 0 aliphatic carbocycles. The molecule has 0 radical (unpaired) electrons. The Hall–Kier alpha value is -3.09. The Morgan fingerprint density at radius 1 is 1.03 bits per heavy atom. The highest BCUT2D eigenvalue weighted by Gasteiger charge is 2.29.